The average Bonchev–Trinajstić information content (AvgIpc) is 2.90. The van der Waals surface area contributed by atoms with Crippen molar-refractivity contribution < 1.29 is 12.8 Å². The highest BCUT2D eigenvalue weighted by Crippen LogP contribution is 2.08. The Balaban J connectivity index is 2.09. The van der Waals surface area contributed by atoms with Crippen LogP contribution in [0, 0.1) is 0 Å². The molecule has 6 nitrogen and oxygen atoms in total. The molecule has 0 bridgehead atoms. The molecule has 0 unspecified atom stereocenters. The first-order valence-electron chi connectivity index (χ1n) is 5.27. The fraction of sp³-hybridized carbons (Fsp3) is 0.182. The van der Waals surface area contributed by atoms with Gasteiger partial charge in [0.2, 0.25) is 0 Å². The van der Waals surface area contributed by atoms with E-state index in [1.54, 1.807) is 12.1 Å². The fourth-order valence-corrected chi connectivity index (χ4v) is 2.28. The third-order valence-corrected chi connectivity index (χ3v) is 3.67. The van der Waals surface area contributed by atoms with Crippen LogP contribution in [0.25, 0.3) is 0 Å². The Morgan fingerprint density at radius 1 is 1.28 bits per heavy atom. The summed E-state index contributed by atoms with van der Waals surface area (Å²) in [5, 5.41) is -0.0248. The van der Waals surface area contributed by atoms with Crippen molar-refractivity contribution >= 4 is 10.0 Å². The van der Waals surface area contributed by atoms with Gasteiger partial charge in [0.1, 0.15) is 0 Å². The van der Waals surface area contributed by atoms with E-state index < -0.39 is 10.0 Å². The topological polar surface area (TPSA) is 98.2 Å². The number of nitrogens with two attached hydrogens (primary N) is 1. The maximum absolute atomic E-state index is 11.9. The van der Waals surface area contributed by atoms with Crippen molar-refractivity contribution in [1.82, 2.24) is 9.71 Å². The summed E-state index contributed by atoms with van der Waals surface area (Å²) in [7, 11) is -3.60. The number of hydrogen-bond donors (Lipinski definition) is 2. The highest BCUT2D eigenvalue weighted by Gasteiger charge is 2.15. The minimum absolute atomic E-state index is 0.0248. The molecule has 0 aliphatic heterocycles. The third-order valence-electron chi connectivity index (χ3n) is 2.36. The first-order chi connectivity index (χ1) is 8.62. The number of pyridine rings is 1. The predicted molar refractivity (Wildman–Crippen MR) is 64.9 cm³/mol. The summed E-state index contributed by atoms with van der Waals surface area (Å²) < 4.78 is 31.1. The van der Waals surface area contributed by atoms with Crippen LogP contribution in [0.15, 0.2) is 46.4 Å². The molecule has 0 fully saturated rings. The highest BCUT2D eigenvalue weighted by molar-refractivity contribution is 7.89. The van der Waals surface area contributed by atoms with Gasteiger partial charge in [-0.25, -0.2) is 18.1 Å². The van der Waals surface area contributed by atoms with Crippen LogP contribution < -0.4 is 10.5 Å². The zero-order valence-corrected chi connectivity index (χ0v) is 10.4. The molecule has 0 spiro atoms. The van der Waals surface area contributed by atoms with E-state index in [0.717, 1.165) is 11.1 Å². The molecule has 3 N–H and O–H groups in total. The average molecular weight is 267 g/mol. The number of nitrogens with one attached hydrogen (secondary N) is 1. The van der Waals surface area contributed by atoms with Gasteiger partial charge in [-0.3, -0.25) is 0 Å². The summed E-state index contributed by atoms with van der Waals surface area (Å²) in [5.74, 6) is 0. The Morgan fingerprint density at radius 3 is 2.67 bits per heavy atom. The first kappa shape index (κ1) is 12.7. The summed E-state index contributed by atoms with van der Waals surface area (Å²) in [5.41, 5.74) is 6.94. The second-order valence-corrected chi connectivity index (χ2v) is 5.38. The predicted octanol–water partition coefficient (Wildman–Crippen LogP) is 0.612. The van der Waals surface area contributed by atoms with Crippen LogP contribution in [0.3, 0.4) is 0 Å². The number of sulfonamides is 1. The van der Waals surface area contributed by atoms with Gasteiger partial charge in [-0.1, -0.05) is 6.07 Å². The molecule has 7 heteroatoms. The molecule has 0 saturated carbocycles. The Labute approximate surface area is 105 Å². The standard InChI is InChI=1S/C11H13N3O3S/c12-5-9-1-2-11(13-6-9)18(15,16)14-7-10-3-4-17-8-10/h1-4,6,8,14H,5,7,12H2. The zero-order chi connectivity index (χ0) is 13.0. The van der Waals surface area contributed by atoms with Crippen LogP contribution in [0.5, 0.6) is 0 Å². The van der Waals surface area contributed by atoms with E-state index in [0.29, 0.717) is 6.54 Å². The SMILES string of the molecule is NCc1ccc(S(=O)(=O)NCc2ccoc2)nc1. The fourth-order valence-electron chi connectivity index (χ4n) is 1.34. The molecule has 2 heterocycles. The van der Waals surface area contributed by atoms with Crippen molar-refractivity contribution in [3.05, 3.63) is 48.0 Å². The summed E-state index contributed by atoms with van der Waals surface area (Å²) in [6, 6.07) is 4.76. The van der Waals surface area contributed by atoms with E-state index in [4.69, 9.17) is 10.2 Å². The maximum atomic E-state index is 11.9. The van der Waals surface area contributed by atoms with Crippen molar-refractivity contribution in [3.63, 3.8) is 0 Å². The van der Waals surface area contributed by atoms with Gasteiger partial charge in [0, 0.05) is 24.8 Å². The van der Waals surface area contributed by atoms with E-state index in [-0.39, 0.29) is 11.6 Å². The smallest absolute Gasteiger partial charge is 0.258 e. The van der Waals surface area contributed by atoms with Crippen LogP contribution >= 0.6 is 0 Å². The molecule has 2 aromatic heterocycles. The lowest BCUT2D eigenvalue weighted by Gasteiger charge is -2.05. The first-order valence-corrected chi connectivity index (χ1v) is 6.76. The quantitative estimate of drug-likeness (QED) is 0.827. The molecule has 0 radical (unpaired) electrons. The summed E-state index contributed by atoms with van der Waals surface area (Å²) in [6.45, 7) is 0.495. The number of furan rings is 1. The lowest BCUT2D eigenvalue weighted by Crippen LogP contribution is -2.24. The van der Waals surface area contributed by atoms with Crippen molar-refractivity contribution in [2.24, 2.45) is 5.73 Å². The minimum atomic E-state index is -3.60. The van der Waals surface area contributed by atoms with Crippen molar-refractivity contribution in [2.75, 3.05) is 0 Å². The summed E-state index contributed by atoms with van der Waals surface area (Å²) in [4.78, 5) is 3.87. The molecule has 96 valence electrons. The van der Waals surface area contributed by atoms with Crippen LogP contribution in [0.1, 0.15) is 11.1 Å². The van der Waals surface area contributed by atoms with Gasteiger partial charge in [0.05, 0.1) is 12.5 Å². The second-order valence-electron chi connectivity index (χ2n) is 3.66. The van der Waals surface area contributed by atoms with Crippen LogP contribution in [-0.2, 0) is 23.1 Å². The number of rotatable bonds is 5. The van der Waals surface area contributed by atoms with Crippen molar-refractivity contribution in [3.8, 4) is 0 Å². The Morgan fingerprint density at radius 2 is 2.11 bits per heavy atom. The van der Waals surface area contributed by atoms with E-state index >= 15 is 0 Å². The third kappa shape index (κ3) is 2.95. The monoisotopic (exact) mass is 267 g/mol. The van der Waals surface area contributed by atoms with Crippen molar-refractivity contribution in [1.29, 1.82) is 0 Å². The molecule has 0 amide bonds. The van der Waals surface area contributed by atoms with Gasteiger partial charge < -0.3 is 10.2 Å². The maximum Gasteiger partial charge on any atom is 0.258 e. The second kappa shape index (κ2) is 5.30. The highest BCUT2D eigenvalue weighted by atomic mass is 32.2. The normalized spacial score (nSPS) is 11.6. The number of nitrogens with zero attached hydrogens (tertiary/aromatic N) is 1. The van der Waals surface area contributed by atoms with Crippen LogP contribution in [0.2, 0.25) is 0 Å². The van der Waals surface area contributed by atoms with Gasteiger partial charge in [-0.2, -0.15) is 0 Å². The van der Waals surface area contributed by atoms with E-state index in [2.05, 4.69) is 9.71 Å². The Bertz CT molecular complexity index is 591. The molecular weight excluding hydrogens is 254 g/mol. The van der Waals surface area contributed by atoms with Gasteiger partial charge >= 0.3 is 0 Å². The number of hydrogen-bond acceptors (Lipinski definition) is 5. The van der Waals surface area contributed by atoms with E-state index in [9.17, 15) is 8.42 Å². The largest absolute Gasteiger partial charge is 0.472 e. The van der Waals surface area contributed by atoms with E-state index in [1.807, 2.05) is 0 Å². The molecule has 2 aromatic rings. The molecule has 0 atom stereocenters. The molecule has 0 aromatic carbocycles. The van der Waals surface area contributed by atoms with Gasteiger partial charge in [-0.05, 0) is 17.7 Å². The van der Waals surface area contributed by atoms with E-state index in [1.165, 1.54) is 24.8 Å². The molecule has 0 aliphatic carbocycles. The molecular formula is C11H13N3O3S. The molecule has 2 rings (SSSR count). The Kier molecular flexibility index (Phi) is 3.75. The van der Waals surface area contributed by atoms with Gasteiger partial charge in [-0.15, -0.1) is 0 Å². The molecule has 0 saturated heterocycles. The van der Waals surface area contributed by atoms with Crippen LogP contribution in [0.4, 0.5) is 0 Å². The Hall–Kier alpha value is -1.70. The molecule has 18 heavy (non-hydrogen) atoms. The number of aromatic nitrogens is 1. The molecule has 0 aliphatic rings. The van der Waals surface area contributed by atoms with Gasteiger partial charge in [0.25, 0.3) is 10.0 Å². The lowest BCUT2D eigenvalue weighted by molar-refractivity contribution is 0.560. The van der Waals surface area contributed by atoms with Gasteiger partial charge in [0.15, 0.2) is 5.03 Å². The van der Waals surface area contributed by atoms with Crippen LogP contribution in [-0.4, -0.2) is 13.4 Å². The van der Waals surface area contributed by atoms with Crippen molar-refractivity contribution in [2.45, 2.75) is 18.1 Å². The summed E-state index contributed by atoms with van der Waals surface area (Å²) >= 11 is 0. The minimum Gasteiger partial charge on any atom is -0.472 e. The summed E-state index contributed by atoms with van der Waals surface area (Å²) in [6.07, 6.45) is 4.41. The lowest BCUT2D eigenvalue weighted by atomic mass is 10.3. The zero-order valence-electron chi connectivity index (χ0n) is 9.54.